The van der Waals surface area contributed by atoms with Crippen LogP contribution < -0.4 is 14.8 Å². The lowest BCUT2D eigenvalue weighted by molar-refractivity contribution is -0.124. The first kappa shape index (κ1) is 21.4. The van der Waals surface area contributed by atoms with Crippen LogP contribution in [0.3, 0.4) is 0 Å². The second-order valence-electron chi connectivity index (χ2n) is 5.92. The van der Waals surface area contributed by atoms with Crippen molar-refractivity contribution in [2.24, 2.45) is 0 Å². The fourth-order valence-corrected chi connectivity index (χ4v) is 3.36. The molecule has 28 heavy (non-hydrogen) atoms. The molecule has 0 saturated carbocycles. The topological polar surface area (TPSA) is 90.9 Å². The molecule has 0 heterocycles. The second-order valence-corrected chi connectivity index (χ2v) is 7.27. The molecule has 1 amide bonds. The number of amides is 1. The summed E-state index contributed by atoms with van der Waals surface area (Å²) in [6.07, 6.45) is 1.47. The van der Waals surface area contributed by atoms with Crippen LogP contribution in [0.4, 0.5) is 0 Å². The Bertz CT molecular complexity index is 883. The number of hydrogen-bond donors (Lipinski definition) is 1. The van der Waals surface area contributed by atoms with E-state index in [9.17, 15) is 13.8 Å². The summed E-state index contributed by atoms with van der Waals surface area (Å²) in [5.74, 6) is 0.0610. The van der Waals surface area contributed by atoms with Gasteiger partial charge in [0.25, 0.3) is 5.91 Å². The van der Waals surface area contributed by atoms with Gasteiger partial charge in [0.05, 0.1) is 41.5 Å². The highest BCUT2D eigenvalue weighted by molar-refractivity contribution is 7.84. The minimum atomic E-state index is -1.34. The Kier molecular flexibility index (Phi) is 7.57. The Morgan fingerprint density at radius 1 is 1.11 bits per heavy atom. The maximum atomic E-state index is 12.2. The lowest BCUT2D eigenvalue weighted by Gasteiger charge is -2.18. The third-order valence-electron chi connectivity index (χ3n) is 4.03. The summed E-state index contributed by atoms with van der Waals surface area (Å²) in [7, 11) is 1.75. The zero-order chi connectivity index (χ0) is 20.7. The molecule has 0 radical (unpaired) electrons. The number of methoxy groups -OCH3 is 2. The summed E-state index contributed by atoms with van der Waals surface area (Å²) in [4.78, 5) is 24.8. The van der Waals surface area contributed by atoms with E-state index in [4.69, 9.17) is 14.2 Å². The third kappa shape index (κ3) is 5.32. The molecule has 2 rings (SSSR count). The van der Waals surface area contributed by atoms with Crippen molar-refractivity contribution < 1.29 is 28.0 Å². The minimum absolute atomic E-state index is 0.179. The van der Waals surface area contributed by atoms with Gasteiger partial charge in [-0.05, 0) is 37.3 Å². The predicted octanol–water partition coefficient (Wildman–Crippen LogP) is 2.48. The summed E-state index contributed by atoms with van der Waals surface area (Å²) < 4.78 is 27.3. The maximum absolute atomic E-state index is 12.2. The summed E-state index contributed by atoms with van der Waals surface area (Å²) >= 11 is 0. The van der Waals surface area contributed by atoms with Crippen molar-refractivity contribution in [3.05, 3.63) is 53.6 Å². The van der Waals surface area contributed by atoms with Crippen molar-refractivity contribution in [3.63, 3.8) is 0 Å². The molecule has 8 heteroatoms. The molecule has 0 fully saturated rings. The molecule has 0 aliphatic rings. The Hall–Kier alpha value is -2.87. The number of benzene rings is 2. The highest BCUT2D eigenvalue weighted by Gasteiger charge is 2.18. The first-order chi connectivity index (χ1) is 13.4. The van der Waals surface area contributed by atoms with Gasteiger partial charge in [-0.15, -0.1) is 0 Å². The Balaban J connectivity index is 2.01. The summed E-state index contributed by atoms with van der Waals surface area (Å²) in [5, 5.41) is 2.75. The fourth-order valence-electron chi connectivity index (χ4n) is 2.63. The Morgan fingerprint density at radius 2 is 1.82 bits per heavy atom. The fraction of sp³-hybridized carbons (Fsp3) is 0.300. The summed E-state index contributed by atoms with van der Waals surface area (Å²) in [6.45, 7) is 1.33. The lowest BCUT2D eigenvalue weighted by Crippen LogP contribution is -2.31. The van der Waals surface area contributed by atoms with E-state index in [1.807, 2.05) is 0 Å². The number of ether oxygens (including phenoxy) is 3. The van der Waals surface area contributed by atoms with E-state index >= 15 is 0 Å². The van der Waals surface area contributed by atoms with Crippen LogP contribution in [-0.4, -0.2) is 43.2 Å². The van der Waals surface area contributed by atoms with E-state index in [0.717, 1.165) is 5.56 Å². The number of carbonyl (C=O) groups excluding carboxylic acids is 2. The smallest absolute Gasteiger partial charge is 0.339 e. The molecule has 2 atom stereocenters. The van der Waals surface area contributed by atoms with Crippen molar-refractivity contribution in [2.75, 3.05) is 27.1 Å². The van der Waals surface area contributed by atoms with Crippen LogP contribution in [0.15, 0.2) is 47.4 Å². The molecular formula is C20H23NO6S. The van der Waals surface area contributed by atoms with Gasteiger partial charge < -0.3 is 19.5 Å². The lowest BCUT2D eigenvalue weighted by atomic mass is 10.1. The van der Waals surface area contributed by atoms with E-state index < -0.39 is 35.3 Å². The molecular weight excluding hydrogens is 382 g/mol. The zero-order valence-corrected chi connectivity index (χ0v) is 17.0. The van der Waals surface area contributed by atoms with Gasteiger partial charge in [0.15, 0.2) is 6.61 Å². The van der Waals surface area contributed by atoms with Gasteiger partial charge in [-0.3, -0.25) is 9.00 Å². The Labute approximate surface area is 166 Å². The van der Waals surface area contributed by atoms with E-state index in [1.54, 1.807) is 50.4 Å². The Morgan fingerprint density at radius 3 is 2.46 bits per heavy atom. The van der Waals surface area contributed by atoms with Crippen LogP contribution in [-0.2, 0) is 20.3 Å². The molecule has 0 aliphatic heterocycles. The highest BCUT2D eigenvalue weighted by Crippen LogP contribution is 2.29. The molecule has 150 valence electrons. The van der Waals surface area contributed by atoms with E-state index in [-0.39, 0.29) is 5.56 Å². The molecule has 0 spiro atoms. The predicted molar refractivity (Wildman–Crippen MR) is 105 cm³/mol. The minimum Gasteiger partial charge on any atom is -0.497 e. The van der Waals surface area contributed by atoms with Crippen molar-refractivity contribution in [1.29, 1.82) is 0 Å². The van der Waals surface area contributed by atoms with Crippen LogP contribution in [0.5, 0.6) is 11.5 Å². The molecule has 0 bridgehead atoms. The normalized spacial score (nSPS) is 12.6. The van der Waals surface area contributed by atoms with E-state index in [1.165, 1.54) is 19.4 Å². The summed E-state index contributed by atoms with van der Waals surface area (Å²) in [5.41, 5.74) is 0.909. The van der Waals surface area contributed by atoms with Crippen molar-refractivity contribution >= 4 is 22.7 Å². The maximum Gasteiger partial charge on any atom is 0.339 e. The highest BCUT2D eigenvalue weighted by atomic mass is 32.2. The van der Waals surface area contributed by atoms with Crippen LogP contribution in [0.25, 0.3) is 0 Å². The second kappa shape index (κ2) is 9.89. The molecule has 2 aromatic rings. The van der Waals surface area contributed by atoms with Crippen molar-refractivity contribution in [1.82, 2.24) is 5.32 Å². The average Bonchev–Trinajstić information content (AvgIpc) is 2.71. The van der Waals surface area contributed by atoms with Crippen LogP contribution >= 0.6 is 0 Å². The van der Waals surface area contributed by atoms with Gasteiger partial charge >= 0.3 is 5.97 Å². The number of rotatable bonds is 8. The molecule has 0 aliphatic carbocycles. The number of esters is 1. The van der Waals surface area contributed by atoms with Crippen molar-refractivity contribution in [3.8, 4) is 11.5 Å². The average molecular weight is 405 g/mol. The van der Waals surface area contributed by atoms with Gasteiger partial charge in [-0.1, -0.05) is 12.1 Å². The van der Waals surface area contributed by atoms with Gasteiger partial charge in [-0.25, -0.2) is 4.79 Å². The van der Waals surface area contributed by atoms with E-state index in [0.29, 0.717) is 16.4 Å². The molecule has 0 aromatic heterocycles. The molecule has 2 aromatic carbocycles. The van der Waals surface area contributed by atoms with Crippen LogP contribution in [0.2, 0.25) is 0 Å². The SMILES string of the molecule is COc1ccc(OC)c([C@@H](C)NC(=O)COC(=O)c2ccccc2[S@@](C)=O)c1. The van der Waals surface area contributed by atoms with Gasteiger partial charge in [0, 0.05) is 11.8 Å². The molecule has 0 saturated heterocycles. The first-order valence-corrected chi connectivity index (χ1v) is 10.0. The standard InChI is InChI=1S/C20H23NO6S/c1-13(16-11-14(25-2)9-10-17(16)26-3)21-19(22)12-27-20(23)15-7-5-6-8-18(15)28(4)24/h5-11,13H,12H2,1-4H3,(H,21,22)/t13-,28-/m1/s1. The molecule has 7 nitrogen and oxygen atoms in total. The monoisotopic (exact) mass is 405 g/mol. The number of carbonyl (C=O) groups is 2. The number of nitrogens with one attached hydrogen (secondary N) is 1. The molecule has 0 unspecified atom stereocenters. The van der Waals surface area contributed by atoms with E-state index in [2.05, 4.69) is 5.32 Å². The van der Waals surface area contributed by atoms with Gasteiger partial charge in [0.2, 0.25) is 0 Å². The van der Waals surface area contributed by atoms with Gasteiger partial charge in [-0.2, -0.15) is 0 Å². The number of hydrogen-bond acceptors (Lipinski definition) is 6. The zero-order valence-electron chi connectivity index (χ0n) is 16.2. The third-order valence-corrected chi connectivity index (χ3v) is 5.01. The first-order valence-electron chi connectivity index (χ1n) is 8.48. The molecule has 1 N–H and O–H groups in total. The largest absolute Gasteiger partial charge is 0.497 e. The van der Waals surface area contributed by atoms with Crippen molar-refractivity contribution in [2.45, 2.75) is 17.9 Å². The van der Waals surface area contributed by atoms with Crippen LogP contribution in [0, 0.1) is 0 Å². The van der Waals surface area contributed by atoms with Crippen LogP contribution in [0.1, 0.15) is 28.9 Å². The van der Waals surface area contributed by atoms with Gasteiger partial charge in [0.1, 0.15) is 11.5 Å². The summed E-state index contributed by atoms with van der Waals surface area (Å²) in [6, 6.07) is 11.3. The quantitative estimate of drug-likeness (QED) is 0.679.